The Kier molecular flexibility index (Phi) is 3.00. The number of benzene rings is 1. The monoisotopic (exact) mass is 230 g/mol. The highest BCUT2D eigenvalue weighted by atomic mass is 16.4. The smallest absolute Gasteiger partial charge is 0.311 e. The van der Waals surface area contributed by atoms with Crippen molar-refractivity contribution in [3.63, 3.8) is 0 Å². The van der Waals surface area contributed by atoms with Gasteiger partial charge in [0.2, 0.25) is 0 Å². The lowest BCUT2D eigenvalue weighted by Crippen LogP contribution is -2.06. The number of para-hydroxylation sites is 1. The van der Waals surface area contributed by atoms with Crippen LogP contribution in [0.25, 0.3) is 5.69 Å². The third-order valence-corrected chi connectivity index (χ3v) is 2.24. The molecule has 17 heavy (non-hydrogen) atoms. The van der Waals surface area contributed by atoms with Gasteiger partial charge < -0.3 is 5.11 Å². The zero-order valence-corrected chi connectivity index (χ0v) is 8.91. The number of nitrogens with zero attached hydrogens (tertiary/aromatic N) is 2. The molecule has 1 aromatic heterocycles. The maximum atomic E-state index is 11.5. The minimum Gasteiger partial charge on any atom is -0.481 e. The highest BCUT2D eigenvalue weighted by Crippen LogP contribution is 2.09. The van der Waals surface area contributed by atoms with Gasteiger partial charge in [-0.2, -0.15) is 5.10 Å². The predicted octanol–water partition coefficient (Wildman–Crippen LogP) is 1.53. The van der Waals surface area contributed by atoms with E-state index in [1.165, 1.54) is 17.1 Å². The normalized spacial score (nSPS) is 10.1. The summed E-state index contributed by atoms with van der Waals surface area (Å²) in [6, 6.07) is 9.28. The van der Waals surface area contributed by atoms with Gasteiger partial charge in [0.15, 0.2) is 5.78 Å². The first-order valence-corrected chi connectivity index (χ1v) is 5.02. The van der Waals surface area contributed by atoms with Crippen LogP contribution in [0.3, 0.4) is 0 Å². The van der Waals surface area contributed by atoms with Gasteiger partial charge in [0.05, 0.1) is 17.4 Å². The fraction of sp³-hybridized carbons (Fsp3) is 0.0833. The van der Waals surface area contributed by atoms with Gasteiger partial charge in [0.25, 0.3) is 0 Å². The molecule has 0 unspecified atom stereocenters. The van der Waals surface area contributed by atoms with Crippen LogP contribution >= 0.6 is 0 Å². The van der Waals surface area contributed by atoms with Crippen LogP contribution in [0.15, 0.2) is 42.7 Å². The maximum Gasteiger partial charge on any atom is 0.311 e. The lowest BCUT2D eigenvalue weighted by molar-refractivity contribution is -0.135. The van der Waals surface area contributed by atoms with Crippen molar-refractivity contribution >= 4 is 11.8 Å². The van der Waals surface area contributed by atoms with Gasteiger partial charge >= 0.3 is 5.97 Å². The Balaban J connectivity index is 2.22. The molecule has 2 rings (SSSR count). The molecular formula is C12H10N2O3. The van der Waals surface area contributed by atoms with Crippen LogP contribution in [0, 0.1) is 0 Å². The number of Topliss-reactive ketones (excluding diaryl/α,β-unsaturated/α-hetero) is 1. The van der Waals surface area contributed by atoms with Crippen LogP contribution in [0.1, 0.15) is 16.8 Å². The molecule has 0 radical (unpaired) electrons. The van der Waals surface area contributed by atoms with E-state index in [4.69, 9.17) is 5.11 Å². The van der Waals surface area contributed by atoms with Gasteiger partial charge in [-0.25, -0.2) is 4.68 Å². The number of carboxylic acid groups (broad SMARTS) is 1. The first-order valence-electron chi connectivity index (χ1n) is 5.02. The summed E-state index contributed by atoms with van der Waals surface area (Å²) in [4.78, 5) is 21.9. The quantitative estimate of drug-likeness (QED) is 0.638. The number of aliphatic carboxylic acids is 1. The Labute approximate surface area is 97.3 Å². The predicted molar refractivity (Wildman–Crippen MR) is 60.1 cm³/mol. The molecule has 0 aliphatic rings. The number of rotatable bonds is 4. The molecule has 86 valence electrons. The van der Waals surface area contributed by atoms with Crippen molar-refractivity contribution < 1.29 is 14.7 Å². The molecular weight excluding hydrogens is 220 g/mol. The van der Waals surface area contributed by atoms with Gasteiger partial charge in [-0.3, -0.25) is 9.59 Å². The van der Waals surface area contributed by atoms with Crippen molar-refractivity contribution in [1.29, 1.82) is 0 Å². The Bertz CT molecular complexity index is 546. The van der Waals surface area contributed by atoms with Gasteiger partial charge in [0.1, 0.15) is 6.42 Å². The molecule has 0 fully saturated rings. The van der Waals surface area contributed by atoms with Gasteiger partial charge in [-0.1, -0.05) is 18.2 Å². The van der Waals surface area contributed by atoms with E-state index in [-0.39, 0.29) is 0 Å². The second-order valence-electron chi connectivity index (χ2n) is 3.50. The van der Waals surface area contributed by atoms with E-state index in [0.717, 1.165) is 5.69 Å². The lowest BCUT2D eigenvalue weighted by atomic mass is 10.2. The Morgan fingerprint density at radius 1 is 1.24 bits per heavy atom. The molecule has 0 aliphatic heterocycles. The third-order valence-electron chi connectivity index (χ3n) is 2.24. The molecule has 0 atom stereocenters. The topological polar surface area (TPSA) is 72.2 Å². The number of carboxylic acids is 1. The standard InChI is InChI=1S/C12H10N2O3/c15-11(6-12(16)17)9-7-13-14(8-9)10-4-2-1-3-5-10/h1-5,7-8H,6H2,(H,16,17). The van der Waals surface area contributed by atoms with Gasteiger partial charge in [0, 0.05) is 6.20 Å². The largest absolute Gasteiger partial charge is 0.481 e. The van der Waals surface area contributed by atoms with Gasteiger partial charge in [-0.05, 0) is 12.1 Å². The van der Waals surface area contributed by atoms with Crippen molar-refractivity contribution in [1.82, 2.24) is 9.78 Å². The summed E-state index contributed by atoms with van der Waals surface area (Å²) in [7, 11) is 0. The molecule has 1 aromatic carbocycles. The number of aromatic nitrogens is 2. The molecule has 5 heteroatoms. The third kappa shape index (κ3) is 2.57. The van der Waals surface area contributed by atoms with Crippen LogP contribution in [0.4, 0.5) is 0 Å². The minimum absolute atomic E-state index is 0.302. The Morgan fingerprint density at radius 3 is 2.59 bits per heavy atom. The summed E-state index contributed by atoms with van der Waals surface area (Å²) < 4.78 is 1.54. The summed E-state index contributed by atoms with van der Waals surface area (Å²) in [5.41, 5.74) is 1.12. The highest BCUT2D eigenvalue weighted by molar-refractivity contribution is 6.05. The number of carbonyl (C=O) groups excluding carboxylic acids is 1. The van der Waals surface area contributed by atoms with Crippen molar-refractivity contribution in [2.45, 2.75) is 6.42 Å². The number of carbonyl (C=O) groups is 2. The second-order valence-corrected chi connectivity index (χ2v) is 3.50. The van der Waals surface area contributed by atoms with E-state index in [0.29, 0.717) is 5.56 Å². The van der Waals surface area contributed by atoms with Gasteiger partial charge in [-0.15, -0.1) is 0 Å². The summed E-state index contributed by atoms with van der Waals surface area (Å²) in [5.74, 6) is -1.58. The van der Waals surface area contributed by atoms with Crippen molar-refractivity contribution in [3.05, 3.63) is 48.3 Å². The molecule has 1 N–H and O–H groups in total. The minimum atomic E-state index is -1.14. The maximum absolute atomic E-state index is 11.5. The summed E-state index contributed by atoms with van der Waals surface area (Å²) in [6.45, 7) is 0. The molecule has 0 amide bonds. The van der Waals surface area contributed by atoms with Crippen molar-refractivity contribution in [3.8, 4) is 5.69 Å². The fourth-order valence-electron chi connectivity index (χ4n) is 1.43. The average Bonchev–Trinajstić information content (AvgIpc) is 2.78. The average molecular weight is 230 g/mol. The van der Waals surface area contributed by atoms with E-state index in [9.17, 15) is 9.59 Å². The van der Waals surface area contributed by atoms with Crippen LogP contribution in [-0.2, 0) is 4.79 Å². The van der Waals surface area contributed by atoms with E-state index >= 15 is 0 Å². The summed E-state index contributed by atoms with van der Waals surface area (Å²) in [6.07, 6.45) is 2.39. The zero-order chi connectivity index (χ0) is 12.3. The molecule has 5 nitrogen and oxygen atoms in total. The number of hydrogen-bond donors (Lipinski definition) is 1. The molecule has 2 aromatic rings. The Hall–Kier alpha value is -2.43. The van der Waals surface area contributed by atoms with E-state index in [2.05, 4.69) is 5.10 Å². The molecule has 0 saturated carbocycles. The highest BCUT2D eigenvalue weighted by Gasteiger charge is 2.12. The first kappa shape index (κ1) is 11.1. The van der Waals surface area contributed by atoms with Crippen LogP contribution in [0.5, 0.6) is 0 Å². The van der Waals surface area contributed by atoms with Crippen molar-refractivity contribution in [2.24, 2.45) is 0 Å². The number of ketones is 1. The van der Waals surface area contributed by atoms with Crippen molar-refractivity contribution in [2.75, 3.05) is 0 Å². The van der Waals surface area contributed by atoms with E-state index in [1.807, 2.05) is 30.3 Å². The molecule has 0 bridgehead atoms. The SMILES string of the molecule is O=C(O)CC(=O)c1cnn(-c2ccccc2)c1. The van der Waals surface area contributed by atoms with E-state index < -0.39 is 18.2 Å². The number of hydrogen-bond acceptors (Lipinski definition) is 3. The molecule has 0 spiro atoms. The molecule has 0 saturated heterocycles. The molecule has 0 aliphatic carbocycles. The summed E-state index contributed by atoms with van der Waals surface area (Å²) in [5, 5.41) is 12.5. The summed E-state index contributed by atoms with van der Waals surface area (Å²) >= 11 is 0. The van der Waals surface area contributed by atoms with Crippen LogP contribution < -0.4 is 0 Å². The Morgan fingerprint density at radius 2 is 1.94 bits per heavy atom. The van der Waals surface area contributed by atoms with E-state index in [1.54, 1.807) is 0 Å². The first-order chi connectivity index (χ1) is 8.16. The zero-order valence-electron chi connectivity index (χ0n) is 8.91. The second kappa shape index (κ2) is 4.61. The van der Waals surface area contributed by atoms with Crippen LogP contribution in [0.2, 0.25) is 0 Å². The fourth-order valence-corrected chi connectivity index (χ4v) is 1.43. The lowest BCUT2D eigenvalue weighted by Gasteiger charge is -1.98. The molecule has 1 heterocycles. The van der Waals surface area contributed by atoms with Crippen LogP contribution in [-0.4, -0.2) is 26.6 Å².